The zero-order valence-electron chi connectivity index (χ0n) is 9.08. The molecule has 1 fully saturated rings. The van der Waals surface area contributed by atoms with Gasteiger partial charge in [-0.15, -0.1) is 0 Å². The lowest BCUT2D eigenvalue weighted by Crippen LogP contribution is -2.31. The summed E-state index contributed by atoms with van der Waals surface area (Å²) >= 11 is 0. The van der Waals surface area contributed by atoms with E-state index < -0.39 is 11.4 Å². The van der Waals surface area contributed by atoms with Crippen molar-refractivity contribution in [3.63, 3.8) is 0 Å². The molecule has 82 valence electrons. The van der Waals surface area contributed by atoms with Gasteiger partial charge in [-0.3, -0.25) is 4.79 Å². The predicted octanol–water partition coefficient (Wildman–Crippen LogP) is 2.30. The molecule has 1 unspecified atom stereocenters. The molecular weight excluding hydrogens is 180 g/mol. The van der Waals surface area contributed by atoms with Crippen LogP contribution in [0.15, 0.2) is 0 Å². The smallest absolute Gasteiger partial charge is 0.309 e. The summed E-state index contributed by atoms with van der Waals surface area (Å²) in [4.78, 5) is 11.1. The number of carbonyl (C=O) groups is 1. The van der Waals surface area contributed by atoms with Crippen LogP contribution in [0, 0.1) is 11.3 Å². The number of aliphatic carboxylic acids is 1. The maximum atomic E-state index is 11.1. The second-order valence-corrected chi connectivity index (χ2v) is 4.36. The molecule has 0 spiro atoms. The quantitative estimate of drug-likeness (QED) is 0.641. The van der Waals surface area contributed by atoms with Gasteiger partial charge in [0.15, 0.2) is 0 Å². The van der Waals surface area contributed by atoms with Gasteiger partial charge in [-0.25, -0.2) is 0 Å². The fourth-order valence-electron chi connectivity index (χ4n) is 1.74. The molecule has 3 nitrogen and oxygen atoms in total. The third kappa shape index (κ3) is 2.71. The summed E-state index contributed by atoms with van der Waals surface area (Å²) in [5.74, 6) is -0.287. The van der Waals surface area contributed by atoms with E-state index in [4.69, 9.17) is 9.84 Å². The van der Waals surface area contributed by atoms with Crippen LogP contribution in [-0.2, 0) is 9.53 Å². The standard InChI is InChI=1S/C11H20O3/c1-3-7-14-8-6-11(2,10(12)13)9-4-5-9/h9H,3-8H2,1-2H3,(H,12,13). The van der Waals surface area contributed by atoms with E-state index in [1.807, 2.05) is 6.92 Å². The van der Waals surface area contributed by atoms with E-state index in [-0.39, 0.29) is 0 Å². The van der Waals surface area contributed by atoms with Crippen molar-refractivity contribution in [1.29, 1.82) is 0 Å². The van der Waals surface area contributed by atoms with E-state index in [9.17, 15) is 4.79 Å². The molecule has 3 heteroatoms. The second kappa shape index (κ2) is 4.78. The lowest BCUT2D eigenvalue weighted by molar-refractivity contribution is -0.150. The molecule has 0 amide bonds. The topological polar surface area (TPSA) is 46.5 Å². The highest BCUT2D eigenvalue weighted by molar-refractivity contribution is 5.75. The third-order valence-corrected chi connectivity index (χ3v) is 3.08. The fraction of sp³-hybridized carbons (Fsp3) is 0.909. The van der Waals surface area contributed by atoms with Crippen LogP contribution >= 0.6 is 0 Å². The van der Waals surface area contributed by atoms with Gasteiger partial charge < -0.3 is 9.84 Å². The summed E-state index contributed by atoms with van der Waals surface area (Å²) in [5.41, 5.74) is -0.548. The van der Waals surface area contributed by atoms with Crippen LogP contribution in [0.2, 0.25) is 0 Å². The molecule has 0 saturated heterocycles. The summed E-state index contributed by atoms with van der Waals surface area (Å²) in [7, 11) is 0. The van der Waals surface area contributed by atoms with Crippen LogP contribution in [0.4, 0.5) is 0 Å². The van der Waals surface area contributed by atoms with Crippen LogP contribution < -0.4 is 0 Å². The molecule has 1 aliphatic rings. The number of rotatable bonds is 7. The second-order valence-electron chi connectivity index (χ2n) is 4.36. The van der Waals surface area contributed by atoms with Crippen molar-refractivity contribution in [3.8, 4) is 0 Å². The zero-order valence-corrected chi connectivity index (χ0v) is 9.08. The predicted molar refractivity (Wildman–Crippen MR) is 54.2 cm³/mol. The maximum absolute atomic E-state index is 11.1. The molecule has 1 aliphatic carbocycles. The Morgan fingerprint density at radius 2 is 2.14 bits per heavy atom. The summed E-state index contributed by atoms with van der Waals surface area (Å²) in [6.45, 7) is 5.22. The molecule has 1 rings (SSSR count). The summed E-state index contributed by atoms with van der Waals surface area (Å²) in [5, 5.41) is 9.14. The first-order chi connectivity index (χ1) is 6.61. The Kier molecular flexibility index (Phi) is 3.93. The van der Waals surface area contributed by atoms with Crippen molar-refractivity contribution < 1.29 is 14.6 Å². The Balaban J connectivity index is 2.32. The molecule has 0 aromatic heterocycles. The van der Waals surface area contributed by atoms with Crippen LogP contribution in [0.25, 0.3) is 0 Å². The van der Waals surface area contributed by atoms with Gasteiger partial charge in [0.25, 0.3) is 0 Å². The van der Waals surface area contributed by atoms with E-state index >= 15 is 0 Å². The SMILES string of the molecule is CCCOCCC(C)(C(=O)O)C1CC1. The minimum Gasteiger partial charge on any atom is -0.481 e. The number of carboxylic acids is 1. The van der Waals surface area contributed by atoms with Crippen molar-refractivity contribution in [3.05, 3.63) is 0 Å². The Labute approximate surface area is 85.5 Å². The molecule has 0 aliphatic heterocycles. The molecule has 0 aromatic rings. The average Bonchev–Trinajstić information content (AvgIpc) is 2.95. The fourth-order valence-corrected chi connectivity index (χ4v) is 1.74. The van der Waals surface area contributed by atoms with Gasteiger partial charge >= 0.3 is 5.97 Å². The molecule has 1 atom stereocenters. The van der Waals surface area contributed by atoms with Crippen LogP contribution in [-0.4, -0.2) is 24.3 Å². The average molecular weight is 200 g/mol. The first-order valence-electron chi connectivity index (χ1n) is 5.42. The summed E-state index contributed by atoms with van der Waals surface area (Å²) < 4.78 is 5.34. The number of ether oxygens (including phenoxy) is 1. The number of hydrogen-bond acceptors (Lipinski definition) is 2. The number of carboxylic acid groups (broad SMARTS) is 1. The van der Waals surface area contributed by atoms with Crippen molar-refractivity contribution in [2.75, 3.05) is 13.2 Å². The van der Waals surface area contributed by atoms with Gasteiger partial charge in [-0.1, -0.05) is 6.92 Å². The lowest BCUT2D eigenvalue weighted by atomic mass is 9.82. The minimum atomic E-state index is -0.667. The molecule has 0 aromatic carbocycles. The summed E-state index contributed by atoms with van der Waals surface area (Å²) in [6.07, 6.45) is 3.77. The Morgan fingerprint density at radius 3 is 2.57 bits per heavy atom. The van der Waals surface area contributed by atoms with Crippen molar-refractivity contribution in [1.82, 2.24) is 0 Å². The molecule has 0 heterocycles. The third-order valence-electron chi connectivity index (χ3n) is 3.08. The van der Waals surface area contributed by atoms with Gasteiger partial charge in [-0.05, 0) is 38.5 Å². The van der Waals surface area contributed by atoms with E-state index in [0.29, 0.717) is 18.9 Å². The first kappa shape index (κ1) is 11.5. The molecule has 1 saturated carbocycles. The Bertz CT molecular complexity index is 199. The van der Waals surface area contributed by atoms with Gasteiger partial charge in [0.1, 0.15) is 0 Å². The summed E-state index contributed by atoms with van der Waals surface area (Å²) in [6, 6.07) is 0. The molecular formula is C11H20O3. The molecule has 14 heavy (non-hydrogen) atoms. The first-order valence-corrected chi connectivity index (χ1v) is 5.42. The van der Waals surface area contributed by atoms with Crippen LogP contribution in [0.1, 0.15) is 39.5 Å². The minimum absolute atomic E-state index is 0.380. The normalized spacial score (nSPS) is 20.4. The van der Waals surface area contributed by atoms with Gasteiger partial charge in [0.2, 0.25) is 0 Å². The Morgan fingerprint density at radius 1 is 1.50 bits per heavy atom. The highest BCUT2D eigenvalue weighted by Crippen LogP contribution is 2.47. The monoisotopic (exact) mass is 200 g/mol. The highest BCUT2D eigenvalue weighted by Gasteiger charge is 2.46. The van der Waals surface area contributed by atoms with Gasteiger partial charge in [0.05, 0.1) is 5.41 Å². The number of hydrogen-bond donors (Lipinski definition) is 1. The van der Waals surface area contributed by atoms with Gasteiger partial charge in [-0.2, -0.15) is 0 Å². The van der Waals surface area contributed by atoms with Gasteiger partial charge in [0, 0.05) is 13.2 Å². The van der Waals surface area contributed by atoms with Crippen LogP contribution in [0.5, 0.6) is 0 Å². The zero-order chi connectivity index (χ0) is 10.6. The van der Waals surface area contributed by atoms with Crippen molar-refractivity contribution in [2.24, 2.45) is 11.3 Å². The molecule has 0 radical (unpaired) electrons. The Hall–Kier alpha value is -0.570. The van der Waals surface area contributed by atoms with E-state index in [1.165, 1.54) is 0 Å². The molecule has 0 bridgehead atoms. The maximum Gasteiger partial charge on any atom is 0.309 e. The van der Waals surface area contributed by atoms with E-state index in [0.717, 1.165) is 25.9 Å². The van der Waals surface area contributed by atoms with Crippen molar-refractivity contribution in [2.45, 2.75) is 39.5 Å². The van der Waals surface area contributed by atoms with E-state index in [2.05, 4.69) is 6.92 Å². The van der Waals surface area contributed by atoms with Crippen LogP contribution in [0.3, 0.4) is 0 Å². The highest BCUT2D eigenvalue weighted by atomic mass is 16.5. The largest absolute Gasteiger partial charge is 0.481 e. The molecule has 1 N–H and O–H groups in total. The van der Waals surface area contributed by atoms with E-state index in [1.54, 1.807) is 0 Å². The lowest BCUT2D eigenvalue weighted by Gasteiger charge is -2.24. The van der Waals surface area contributed by atoms with Crippen molar-refractivity contribution >= 4 is 5.97 Å².